The van der Waals surface area contributed by atoms with Crippen molar-refractivity contribution in [2.45, 2.75) is 12.5 Å². The Bertz CT molecular complexity index is 556. The van der Waals surface area contributed by atoms with Crippen LogP contribution in [0, 0.1) is 0 Å². The molecular weight excluding hydrogens is 301 g/mol. The van der Waals surface area contributed by atoms with E-state index in [1.54, 1.807) is 24.5 Å². The Kier molecular flexibility index (Phi) is 5.11. The predicted octanol–water partition coefficient (Wildman–Crippen LogP) is 4.57. The van der Waals surface area contributed by atoms with Gasteiger partial charge in [0.1, 0.15) is 5.75 Å². The summed E-state index contributed by atoms with van der Waals surface area (Å²) in [7, 11) is 3.61. The fourth-order valence-electron chi connectivity index (χ4n) is 1.89. The van der Waals surface area contributed by atoms with Crippen molar-refractivity contribution in [3.63, 3.8) is 0 Å². The monoisotopic (exact) mass is 315 g/mol. The Morgan fingerprint density at radius 1 is 1.32 bits per heavy atom. The highest BCUT2D eigenvalue weighted by molar-refractivity contribution is 7.10. The molecule has 0 bridgehead atoms. The molecule has 0 aliphatic carbocycles. The van der Waals surface area contributed by atoms with Gasteiger partial charge in [0.2, 0.25) is 0 Å². The third kappa shape index (κ3) is 3.63. The van der Waals surface area contributed by atoms with Crippen molar-refractivity contribution in [3.8, 4) is 5.75 Å². The van der Waals surface area contributed by atoms with Gasteiger partial charge >= 0.3 is 0 Å². The number of ether oxygens (including phenoxy) is 1. The number of nitrogens with one attached hydrogen (secondary N) is 1. The van der Waals surface area contributed by atoms with Gasteiger partial charge in [-0.3, -0.25) is 0 Å². The molecule has 2 aromatic rings. The molecular formula is C14H15Cl2NOS. The third-order valence-corrected chi connectivity index (χ3v) is 4.58. The molecule has 0 saturated carbocycles. The van der Waals surface area contributed by atoms with Crippen LogP contribution in [0.3, 0.4) is 0 Å². The van der Waals surface area contributed by atoms with Crippen LogP contribution in [0.4, 0.5) is 0 Å². The van der Waals surface area contributed by atoms with Crippen LogP contribution in [0.5, 0.6) is 5.75 Å². The van der Waals surface area contributed by atoms with Crippen molar-refractivity contribution in [2.24, 2.45) is 0 Å². The molecule has 1 aromatic carbocycles. The molecule has 0 radical (unpaired) electrons. The molecule has 1 heterocycles. The van der Waals surface area contributed by atoms with Crippen LogP contribution in [0.25, 0.3) is 0 Å². The van der Waals surface area contributed by atoms with Crippen molar-refractivity contribution in [1.82, 2.24) is 5.32 Å². The summed E-state index contributed by atoms with van der Waals surface area (Å²) in [5.74, 6) is 0.887. The molecule has 19 heavy (non-hydrogen) atoms. The fraction of sp³-hybridized carbons (Fsp3) is 0.286. The molecule has 5 heteroatoms. The van der Waals surface area contributed by atoms with Gasteiger partial charge in [0.25, 0.3) is 0 Å². The molecule has 0 fully saturated rings. The van der Waals surface area contributed by atoms with Crippen LogP contribution in [-0.2, 0) is 6.42 Å². The standard InChI is InChI=1S/C14H15Cl2NOS/c1-17-13(14-7-11(18-2)8-19-14)6-9-5-10(15)3-4-12(9)16/h3-5,7-8,13,17H,6H2,1-2H3. The summed E-state index contributed by atoms with van der Waals surface area (Å²) < 4.78 is 5.22. The molecule has 1 atom stereocenters. The van der Waals surface area contributed by atoms with E-state index in [2.05, 4.69) is 5.32 Å². The van der Waals surface area contributed by atoms with E-state index in [0.717, 1.165) is 22.8 Å². The van der Waals surface area contributed by atoms with Crippen LogP contribution < -0.4 is 10.1 Å². The van der Waals surface area contributed by atoms with E-state index in [1.165, 1.54) is 4.88 Å². The lowest BCUT2D eigenvalue weighted by atomic mass is 10.0. The number of halogens is 2. The van der Waals surface area contributed by atoms with Gasteiger partial charge in [-0.15, -0.1) is 11.3 Å². The average molecular weight is 316 g/mol. The summed E-state index contributed by atoms with van der Waals surface area (Å²) >= 11 is 13.9. The zero-order valence-corrected chi connectivity index (χ0v) is 13.1. The van der Waals surface area contributed by atoms with E-state index in [0.29, 0.717) is 5.02 Å². The summed E-state index contributed by atoms with van der Waals surface area (Å²) in [6.45, 7) is 0. The Morgan fingerprint density at radius 3 is 2.74 bits per heavy atom. The number of rotatable bonds is 5. The summed E-state index contributed by atoms with van der Waals surface area (Å²) in [6.07, 6.45) is 0.791. The van der Waals surface area contributed by atoms with Crippen LogP contribution in [0.2, 0.25) is 10.0 Å². The quantitative estimate of drug-likeness (QED) is 0.872. The van der Waals surface area contributed by atoms with Gasteiger partial charge in [-0.1, -0.05) is 23.2 Å². The van der Waals surface area contributed by atoms with Crippen LogP contribution in [0.1, 0.15) is 16.5 Å². The van der Waals surface area contributed by atoms with E-state index >= 15 is 0 Å². The van der Waals surface area contributed by atoms with Crippen molar-refractivity contribution >= 4 is 34.5 Å². The molecule has 1 N–H and O–H groups in total. The zero-order valence-electron chi connectivity index (χ0n) is 10.7. The highest BCUT2D eigenvalue weighted by Gasteiger charge is 2.15. The highest BCUT2D eigenvalue weighted by Crippen LogP contribution is 2.31. The number of benzene rings is 1. The SMILES string of the molecule is CNC(Cc1cc(Cl)ccc1Cl)c1cc(OC)cs1. The molecule has 1 unspecified atom stereocenters. The van der Waals surface area contributed by atoms with E-state index in [9.17, 15) is 0 Å². The van der Waals surface area contributed by atoms with E-state index < -0.39 is 0 Å². The number of hydrogen-bond acceptors (Lipinski definition) is 3. The molecule has 2 nitrogen and oxygen atoms in total. The second kappa shape index (κ2) is 6.62. The minimum atomic E-state index is 0.199. The summed E-state index contributed by atoms with van der Waals surface area (Å²) in [5, 5.41) is 6.75. The number of thiophene rings is 1. The lowest BCUT2D eigenvalue weighted by molar-refractivity contribution is 0.416. The van der Waals surface area contributed by atoms with Crippen molar-refractivity contribution in [1.29, 1.82) is 0 Å². The lowest BCUT2D eigenvalue weighted by Gasteiger charge is -2.15. The first-order valence-electron chi connectivity index (χ1n) is 5.87. The molecule has 0 amide bonds. The number of likely N-dealkylation sites (N-methyl/N-ethyl adjacent to an activating group) is 1. The summed E-state index contributed by atoms with van der Waals surface area (Å²) in [5.41, 5.74) is 1.04. The second-order valence-corrected chi connectivity index (χ2v) is 5.96. The van der Waals surface area contributed by atoms with Gasteiger partial charge in [0.15, 0.2) is 0 Å². The van der Waals surface area contributed by atoms with E-state index in [-0.39, 0.29) is 6.04 Å². The second-order valence-electron chi connectivity index (χ2n) is 4.17. The lowest BCUT2D eigenvalue weighted by Crippen LogP contribution is -2.17. The van der Waals surface area contributed by atoms with E-state index in [1.807, 2.05) is 30.6 Å². The third-order valence-electron chi connectivity index (χ3n) is 2.96. The Balaban J connectivity index is 2.21. The molecule has 0 saturated heterocycles. The predicted molar refractivity (Wildman–Crippen MR) is 82.8 cm³/mol. The van der Waals surface area contributed by atoms with Gasteiger partial charge in [-0.25, -0.2) is 0 Å². The molecule has 1 aromatic heterocycles. The molecule has 102 valence electrons. The Hall–Kier alpha value is -0.740. The fourth-order valence-corrected chi connectivity index (χ4v) is 3.24. The Morgan fingerprint density at radius 2 is 2.11 bits per heavy atom. The average Bonchev–Trinajstić information content (AvgIpc) is 2.88. The van der Waals surface area contributed by atoms with Crippen molar-refractivity contribution in [3.05, 3.63) is 50.1 Å². The molecule has 2 rings (SSSR count). The topological polar surface area (TPSA) is 21.3 Å². The van der Waals surface area contributed by atoms with Gasteiger partial charge in [0.05, 0.1) is 7.11 Å². The van der Waals surface area contributed by atoms with Crippen molar-refractivity contribution < 1.29 is 4.74 Å². The number of methoxy groups -OCH3 is 1. The van der Waals surface area contributed by atoms with Gasteiger partial charge in [-0.05, 0) is 43.3 Å². The smallest absolute Gasteiger partial charge is 0.129 e. The molecule has 0 aliphatic rings. The minimum Gasteiger partial charge on any atom is -0.496 e. The highest BCUT2D eigenvalue weighted by atomic mass is 35.5. The maximum absolute atomic E-state index is 6.21. The largest absolute Gasteiger partial charge is 0.496 e. The van der Waals surface area contributed by atoms with Gasteiger partial charge in [0, 0.05) is 26.3 Å². The first-order valence-corrected chi connectivity index (χ1v) is 7.51. The van der Waals surface area contributed by atoms with Crippen molar-refractivity contribution in [2.75, 3.05) is 14.2 Å². The van der Waals surface area contributed by atoms with E-state index in [4.69, 9.17) is 27.9 Å². The van der Waals surface area contributed by atoms with Gasteiger partial charge in [-0.2, -0.15) is 0 Å². The zero-order chi connectivity index (χ0) is 13.8. The maximum Gasteiger partial charge on any atom is 0.129 e. The molecule has 0 aliphatic heterocycles. The molecule has 0 spiro atoms. The Labute approximate surface area is 127 Å². The van der Waals surface area contributed by atoms with Crippen LogP contribution >= 0.6 is 34.5 Å². The maximum atomic E-state index is 6.21. The minimum absolute atomic E-state index is 0.199. The summed E-state index contributed by atoms with van der Waals surface area (Å²) in [6, 6.07) is 7.80. The summed E-state index contributed by atoms with van der Waals surface area (Å²) in [4.78, 5) is 1.22. The van der Waals surface area contributed by atoms with Crippen LogP contribution in [-0.4, -0.2) is 14.2 Å². The van der Waals surface area contributed by atoms with Crippen LogP contribution in [0.15, 0.2) is 29.6 Å². The normalized spacial score (nSPS) is 12.4. The first kappa shape index (κ1) is 14.7. The number of hydrogen-bond donors (Lipinski definition) is 1. The first-order chi connectivity index (χ1) is 9.13. The van der Waals surface area contributed by atoms with Gasteiger partial charge < -0.3 is 10.1 Å².